The average molecular weight is 1040 g/mol. The lowest BCUT2D eigenvalue weighted by Crippen LogP contribution is -2.62. The largest absolute Gasteiger partial charge is 0.334 e. The third-order valence-corrected chi connectivity index (χ3v) is 21.8. The van der Waals surface area contributed by atoms with E-state index in [-0.39, 0.29) is 50.2 Å². The lowest BCUT2D eigenvalue weighted by Gasteiger charge is -2.51. The molecule has 79 heavy (non-hydrogen) atoms. The van der Waals surface area contributed by atoms with Crippen LogP contribution in [0.1, 0.15) is 207 Å². The zero-order chi connectivity index (χ0) is 55.9. The number of benzene rings is 7. The lowest BCUT2D eigenvalue weighted by atomic mass is 9.33. The Morgan fingerprint density at radius 2 is 0.911 bits per heavy atom. The summed E-state index contributed by atoms with van der Waals surface area (Å²) in [4.78, 5) is 8.42. The molecule has 2 atom stereocenters. The van der Waals surface area contributed by atoms with E-state index in [1.165, 1.54) is 150 Å². The molecular formula is C75H88BN3. The van der Waals surface area contributed by atoms with E-state index < -0.39 is 0 Å². The summed E-state index contributed by atoms with van der Waals surface area (Å²) in [6.07, 6.45) is 9.48. The summed E-state index contributed by atoms with van der Waals surface area (Å²) >= 11 is 0. The Morgan fingerprint density at radius 1 is 0.405 bits per heavy atom. The number of rotatable bonds is 4. The Balaban J connectivity index is 1.22. The zero-order valence-electron chi connectivity index (χ0n) is 51.2. The average Bonchev–Trinajstić information content (AvgIpc) is 3.83. The van der Waals surface area contributed by atoms with Crippen molar-refractivity contribution in [1.29, 1.82) is 0 Å². The van der Waals surface area contributed by atoms with Crippen LogP contribution in [0, 0.1) is 6.92 Å². The molecule has 0 spiro atoms. The molecule has 1 saturated carbocycles. The van der Waals surface area contributed by atoms with Crippen molar-refractivity contribution in [1.82, 2.24) is 0 Å². The third kappa shape index (κ3) is 7.63. The van der Waals surface area contributed by atoms with Gasteiger partial charge in [0.25, 0.3) is 6.71 Å². The van der Waals surface area contributed by atoms with Crippen LogP contribution in [-0.2, 0) is 37.9 Å². The molecule has 3 aliphatic carbocycles. The quantitative estimate of drug-likeness (QED) is 0.163. The van der Waals surface area contributed by atoms with Crippen LogP contribution in [0.3, 0.4) is 0 Å². The van der Waals surface area contributed by atoms with E-state index in [9.17, 15) is 0 Å². The zero-order valence-corrected chi connectivity index (χ0v) is 51.2. The normalized spacial score (nSPS) is 22.7. The van der Waals surface area contributed by atoms with Gasteiger partial charge in [0.05, 0.1) is 11.2 Å². The van der Waals surface area contributed by atoms with Gasteiger partial charge >= 0.3 is 0 Å². The first-order valence-corrected chi connectivity index (χ1v) is 30.4. The highest BCUT2D eigenvalue weighted by Crippen LogP contribution is 2.62. The Morgan fingerprint density at radius 3 is 1.53 bits per heavy atom. The smallest absolute Gasteiger partial charge is 0.252 e. The first-order valence-electron chi connectivity index (χ1n) is 30.4. The molecule has 6 aliphatic rings. The van der Waals surface area contributed by atoms with Gasteiger partial charge in [0.2, 0.25) is 0 Å². The first kappa shape index (κ1) is 52.4. The van der Waals surface area contributed by atoms with Crippen LogP contribution >= 0.6 is 0 Å². The predicted octanol–water partition coefficient (Wildman–Crippen LogP) is 18.8. The van der Waals surface area contributed by atoms with Gasteiger partial charge < -0.3 is 14.7 Å². The third-order valence-electron chi connectivity index (χ3n) is 21.8. The van der Waals surface area contributed by atoms with E-state index in [1.807, 2.05) is 0 Å². The highest BCUT2D eigenvalue weighted by molar-refractivity contribution is 7.00. The standard InChI is InChI=1S/C75H88BN3/c1-47-39-54-56(72(12,13)37-35-70(54,8)9)45-62(47)78-63-41-50(69(5,6)7)29-31-58(63)76-59-44-55-57(73(14,15)38-36-71(55,10)11)46-64(59)77(60-32-30-49(68(2,3)4)40-52(60)48-25-19-18-20-26-48)65-42-51(43-66(78)67(65)76)79-61-28-22-21-27-53(61)74(16)33-23-24-34-75(74,79)17/h18-22,25-32,39-46H,23-24,33-38H2,1-17H3. The minimum atomic E-state index is -0.140. The summed E-state index contributed by atoms with van der Waals surface area (Å²) in [6.45, 7) is 41.9. The van der Waals surface area contributed by atoms with Gasteiger partial charge in [-0.05, 0) is 200 Å². The van der Waals surface area contributed by atoms with Crippen LogP contribution < -0.4 is 31.1 Å². The van der Waals surface area contributed by atoms with Gasteiger partial charge in [0, 0.05) is 50.8 Å². The van der Waals surface area contributed by atoms with E-state index in [2.05, 4.69) is 260 Å². The molecule has 406 valence electrons. The minimum absolute atomic E-state index is 0.00564. The molecule has 3 aliphatic heterocycles. The molecule has 0 amide bonds. The van der Waals surface area contributed by atoms with Gasteiger partial charge in [-0.2, -0.15) is 0 Å². The number of nitrogens with zero attached hydrogens (tertiary/aromatic N) is 3. The Bertz CT molecular complexity index is 3670. The number of anilines is 8. The molecule has 3 heterocycles. The summed E-state index contributed by atoms with van der Waals surface area (Å²) in [5.41, 5.74) is 28.6. The molecule has 0 N–H and O–H groups in total. The van der Waals surface area contributed by atoms with Crippen LogP contribution in [0.25, 0.3) is 11.1 Å². The van der Waals surface area contributed by atoms with Crippen molar-refractivity contribution in [3.63, 3.8) is 0 Å². The van der Waals surface area contributed by atoms with Gasteiger partial charge in [-0.25, -0.2) is 0 Å². The summed E-state index contributed by atoms with van der Waals surface area (Å²) < 4.78 is 0. The lowest BCUT2D eigenvalue weighted by molar-refractivity contribution is 0.195. The molecule has 7 aromatic rings. The number of para-hydroxylation sites is 1. The SMILES string of the molecule is Cc1cc2c(cc1N1c3cc(C(C)(C)C)ccc3B3c4cc5c(cc4N(c4ccc(C(C)(C)C)cc4-c4ccccc4)c4cc(N6c7ccccc7C7(C)CCCCC67C)cc1c43)C(C)(C)CCC5(C)C)C(C)(C)CCC2(C)C. The molecule has 0 radical (unpaired) electrons. The first-order chi connectivity index (χ1) is 37.1. The molecule has 3 nitrogen and oxygen atoms in total. The van der Waals surface area contributed by atoms with E-state index in [1.54, 1.807) is 0 Å². The fourth-order valence-electron chi connectivity index (χ4n) is 16.3. The van der Waals surface area contributed by atoms with E-state index in [0.29, 0.717) is 0 Å². The highest BCUT2D eigenvalue weighted by atomic mass is 15.3. The van der Waals surface area contributed by atoms with E-state index >= 15 is 0 Å². The van der Waals surface area contributed by atoms with Crippen molar-refractivity contribution < 1.29 is 0 Å². The number of hydrogen-bond acceptors (Lipinski definition) is 3. The molecule has 0 bridgehead atoms. The Hall–Kier alpha value is -6.00. The molecular weight excluding hydrogens is 954 g/mol. The monoisotopic (exact) mass is 1040 g/mol. The number of aryl methyl sites for hydroxylation is 1. The van der Waals surface area contributed by atoms with Crippen molar-refractivity contribution in [3.05, 3.63) is 172 Å². The van der Waals surface area contributed by atoms with Crippen molar-refractivity contribution in [2.45, 2.75) is 213 Å². The van der Waals surface area contributed by atoms with Gasteiger partial charge in [0.1, 0.15) is 0 Å². The summed E-state index contributed by atoms with van der Waals surface area (Å²) in [5, 5.41) is 0. The van der Waals surface area contributed by atoms with Gasteiger partial charge in [-0.15, -0.1) is 0 Å². The van der Waals surface area contributed by atoms with Gasteiger partial charge in [0.15, 0.2) is 0 Å². The van der Waals surface area contributed by atoms with Crippen molar-refractivity contribution in [2.24, 2.45) is 0 Å². The fourth-order valence-corrected chi connectivity index (χ4v) is 16.3. The molecule has 13 rings (SSSR count). The summed E-state index contributed by atoms with van der Waals surface area (Å²) in [7, 11) is 0. The highest BCUT2D eigenvalue weighted by Gasteiger charge is 2.58. The molecule has 7 aromatic carbocycles. The number of fused-ring (bicyclic) bond motifs is 9. The molecule has 0 aromatic heterocycles. The van der Waals surface area contributed by atoms with Crippen LogP contribution in [0.15, 0.2) is 127 Å². The minimum Gasteiger partial charge on any atom is -0.334 e. The molecule has 0 saturated heterocycles. The Labute approximate surface area is 476 Å². The van der Waals surface area contributed by atoms with Crippen LogP contribution in [0.2, 0.25) is 0 Å². The molecule has 1 fully saturated rings. The maximum absolute atomic E-state index is 2.85. The van der Waals surface area contributed by atoms with Gasteiger partial charge in [-0.1, -0.05) is 196 Å². The van der Waals surface area contributed by atoms with Crippen LogP contribution in [0.5, 0.6) is 0 Å². The predicted molar refractivity (Wildman–Crippen MR) is 341 cm³/mol. The van der Waals surface area contributed by atoms with Crippen molar-refractivity contribution >= 4 is 68.6 Å². The summed E-state index contributed by atoms with van der Waals surface area (Å²) in [6, 6.07) is 52.0. The summed E-state index contributed by atoms with van der Waals surface area (Å²) in [5.74, 6) is 0. The second-order valence-corrected chi connectivity index (χ2v) is 30.7. The topological polar surface area (TPSA) is 9.72 Å². The van der Waals surface area contributed by atoms with Crippen molar-refractivity contribution in [2.75, 3.05) is 14.7 Å². The number of hydrogen-bond donors (Lipinski definition) is 0. The fraction of sp³-hybridized carbons (Fsp3) is 0.440. The molecule has 2 unspecified atom stereocenters. The van der Waals surface area contributed by atoms with Crippen LogP contribution in [-0.4, -0.2) is 12.3 Å². The Kier molecular flexibility index (Phi) is 11.3. The maximum Gasteiger partial charge on any atom is 0.252 e. The van der Waals surface area contributed by atoms with E-state index in [4.69, 9.17) is 0 Å². The van der Waals surface area contributed by atoms with Gasteiger partial charge in [-0.3, -0.25) is 0 Å². The second kappa shape index (κ2) is 17.0. The van der Waals surface area contributed by atoms with Crippen LogP contribution in [0.4, 0.5) is 45.5 Å². The van der Waals surface area contributed by atoms with Crippen molar-refractivity contribution in [3.8, 4) is 11.1 Å². The van der Waals surface area contributed by atoms with E-state index in [0.717, 1.165) is 19.3 Å². The second-order valence-electron chi connectivity index (χ2n) is 30.7. The molecule has 4 heteroatoms. The maximum atomic E-state index is 2.85.